The fourth-order valence-corrected chi connectivity index (χ4v) is 5.40. The molecule has 0 radical (unpaired) electrons. The Labute approximate surface area is 239 Å². The summed E-state index contributed by atoms with van der Waals surface area (Å²) < 4.78 is 33.9. The van der Waals surface area contributed by atoms with Gasteiger partial charge in [-0.2, -0.15) is 5.10 Å². The number of carbonyl (C=O) groups is 2. The van der Waals surface area contributed by atoms with Crippen LogP contribution in [0.25, 0.3) is 0 Å². The molecule has 210 valence electrons. The van der Waals surface area contributed by atoms with E-state index in [0.717, 1.165) is 4.31 Å². The molecule has 0 aliphatic heterocycles. The maximum absolute atomic E-state index is 13.6. The molecule has 10 heteroatoms. The summed E-state index contributed by atoms with van der Waals surface area (Å²) in [5.74, 6) is -0.572. The van der Waals surface area contributed by atoms with E-state index in [0.29, 0.717) is 34.9 Å². The summed E-state index contributed by atoms with van der Waals surface area (Å²) in [6.07, 6.45) is 0. The molecule has 4 rings (SSSR count). The van der Waals surface area contributed by atoms with Gasteiger partial charge in [0, 0.05) is 11.3 Å². The van der Waals surface area contributed by atoms with Crippen LogP contribution in [0.5, 0.6) is 5.75 Å². The molecule has 41 heavy (non-hydrogen) atoms. The summed E-state index contributed by atoms with van der Waals surface area (Å²) in [6.45, 7) is 3.27. The highest BCUT2D eigenvalue weighted by atomic mass is 32.2. The molecule has 0 saturated heterocycles. The molecule has 4 aromatic rings. The fourth-order valence-electron chi connectivity index (χ4n) is 3.95. The second-order valence-corrected chi connectivity index (χ2v) is 10.7. The monoisotopic (exact) mass is 570 g/mol. The van der Waals surface area contributed by atoms with E-state index < -0.39 is 22.5 Å². The fraction of sp³-hybridized carbons (Fsp3) is 0.129. The molecule has 0 saturated carbocycles. The number of benzene rings is 4. The van der Waals surface area contributed by atoms with Gasteiger partial charge in [-0.25, -0.2) is 13.8 Å². The van der Waals surface area contributed by atoms with Gasteiger partial charge in [-0.3, -0.25) is 13.9 Å². The lowest BCUT2D eigenvalue weighted by Crippen LogP contribution is -2.40. The Morgan fingerprint density at radius 2 is 1.46 bits per heavy atom. The van der Waals surface area contributed by atoms with E-state index in [1.807, 2.05) is 6.07 Å². The Balaban J connectivity index is 1.53. The third-order valence-corrected chi connectivity index (χ3v) is 7.75. The molecule has 0 spiro atoms. The number of hydrogen-bond acceptors (Lipinski definition) is 6. The standard InChI is InChI=1S/C31H30N4O5S/c1-3-40-29-20-11-10-19-28(29)35(41(38,39)27-17-8-5-9-18-27)22-30(36)34-33-23(2)25-15-12-16-26(21-25)32-31(37)24-13-6-4-7-14-24/h4-21H,3,22H2,1-2H3,(H,32,37)(H,34,36)/b33-23-. The largest absolute Gasteiger partial charge is 0.492 e. The molecule has 0 heterocycles. The van der Waals surface area contributed by atoms with E-state index in [9.17, 15) is 18.0 Å². The van der Waals surface area contributed by atoms with E-state index in [-0.39, 0.29) is 16.5 Å². The van der Waals surface area contributed by atoms with E-state index in [4.69, 9.17) is 4.74 Å². The second kappa shape index (κ2) is 13.4. The summed E-state index contributed by atoms with van der Waals surface area (Å²) >= 11 is 0. The van der Waals surface area contributed by atoms with E-state index in [1.165, 1.54) is 12.1 Å². The Kier molecular flexibility index (Phi) is 9.49. The lowest BCUT2D eigenvalue weighted by Gasteiger charge is -2.25. The number of amides is 2. The highest BCUT2D eigenvalue weighted by molar-refractivity contribution is 7.92. The van der Waals surface area contributed by atoms with Crippen LogP contribution in [0, 0.1) is 0 Å². The van der Waals surface area contributed by atoms with Crippen molar-refractivity contribution in [2.45, 2.75) is 18.7 Å². The molecular weight excluding hydrogens is 540 g/mol. The van der Waals surface area contributed by atoms with Gasteiger partial charge in [0.05, 0.1) is 22.9 Å². The van der Waals surface area contributed by atoms with Crippen molar-refractivity contribution in [1.29, 1.82) is 0 Å². The summed E-state index contributed by atoms with van der Waals surface area (Å²) in [4.78, 5) is 25.6. The van der Waals surface area contributed by atoms with E-state index in [2.05, 4.69) is 15.8 Å². The number of rotatable bonds is 11. The number of para-hydroxylation sites is 2. The maximum Gasteiger partial charge on any atom is 0.264 e. The number of hydrogen-bond donors (Lipinski definition) is 2. The second-order valence-electron chi connectivity index (χ2n) is 8.86. The van der Waals surface area contributed by atoms with Crippen LogP contribution in [0.1, 0.15) is 29.8 Å². The number of nitrogens with zero attached hydrogens (tertiary/aromatic N) is 2. The molecule has 2 amide bonds. The third kappa shape index (κ3) is 7.37. The first-order chi connectivity index (χ1) is 19.8. The summed E-state index contributed by atoms with van der Waals surface area (Å²) in [5, 5.41) is 7.03. The minimum absolute atomic E-state index is 0.0353. The number of sulfonamides is 1. The maximum atomic E-state index is 13.6. The molecule has 0 bridgehead atoms. The van der Waals surface area contributed by atoms with E-state index in [1.54, 1.807) is 105 Å². The average molecular weight is 571 g/mol. The minimum Gasteiger partial charge on any atom is -0.492 e. The van der Waals surface area contributed by atoms with Gasteiger partial charge in [-0.05, 0) is 67.9 Å². The van der Waals surface area contributed by atoms with Gasteiger partial charge in [-0.15, -0.1) is 0 Å². The Morgan fingerprint density at radius 1 is 0.829 bits per heavy atom. The van der Waals surface area contributed by atoms with Gasteiger partial charge in [0.1, 0.15) is 12.3 Å². The van der Waals surface area contributed by atoms with Crippen molar-refractivity contribution in [2.75, 3.05) is 22.8 Å². The van der Waals surface area contributed by atoms with Gasteiger partial charge in [0.15, 0.2) is 0 Å². The molecular formula is C31H30N4O5S. The normalized spacial score (nSPS) is 11.4. The zero-order valence-corrected chi connectivity index (χ0v) is 23.5. The topological polar surface area (TPSA) is 117 Å². The molecule has 0 atom stereocenters. The number of anilines is 2. The number of carbonyl (C=O) groups excluding carboxylic acids is 2. The van der Waals surface area contributed by atoms with Crippen LogP contribution in [0.2, 0.25) is 0 Å². The SMILES string of the molecule is CCOc1ccccc1N(CC(=O)N/N=C(/C)c1cccc(NC(=O)c2ccccc2)c1)S(=O)(=O)c1ccccc1. The Bertz CT molecular complexity index is 1640. The van der Waals surface area contributed by atoms with Crippen LogP contribution in [-0.4, -0.2) is 39.1 Å². The average Bonchev–Trinajstić information content (AvgIpc) is 3.00. The first-order valence-corrected chi connectivity index (χ1v) is 14.3. The smallest absolute Gasteiger partial charge is 0.264 e. The highest BCUT2D eigenvalue weighted by Gasteiger charge is 2.29. The van der Waals surface area contributed by atoms with Crippen molar-refractivity contribution < 1.29 is 22.7 Å². The van der Waals surface area contributed by atoms with Gasteiger partial charge < -0.3 is 10.1 Å². The summed E-state index contributed by atoms with van der Waals surface area (Å²) in [6, 6.07) is 30.4. The Hall–Kier alpha value is -4.96. The van der Waals surface area contributed by atoms with Crippen molar-refractivity contribution in [3.63, 3.8) is 0 Å². The van der Waals surface area contributed by atoms with Gasteiger partial charge in [0.2, 0.25) is 0 Å². The van der Waals surface area contributed by atoms with Crippen molar-refractivity contribution in [3.8, 4) is 5.75 Å². The van der Waals surface area contributed by atoms with E-state index >= 15 is 0 Å². The predicted molar refractivity (Wildman–Crippen MR) is 160 cm³/mol. The molecule has 4 aromatic carbocycles. The minimum atomic E-state index is -4.12. The van der Waals surface area contributed by atoms with Crippen LogP contribution < -0.4 is 19.8 Å². The van der Waals surface area contributed by atoms with Crippen molar-refractivity contribution in [1.82, 2.24) is 5.43 Å². The number of nitrogens with one attached hydrogen (secondary N) is 2. The zero-order chi connectivity index (χ0) is 29.2. The predicted octanol–water partition coefficient (Wildman–Crippen LogP) is 5.07. The first kappa shape index (κ1) is 29.0. The van der Waals surface area contributed by atoms with Gasteiger partial charge in [-0.1, -0.05) is 60.7 Å². The molecule has 2 N–H and O–H groups in total. The third-order valence-electron chi connectivity index (χ3n) is 5.97. The zero-order valence-electron chi connectivity index (χ0n) is 22.7. The molecule has 0 fully saturated rings. The van der Waals surface area contributed by atoms with Crippen molar-refractivity contribution in [3.05, 3.63) is 120 Å². The summed E-state index contributed by atoms with van der Waals surface area (Å²) in [7, 11) is -4.12. The van der Waals surface area contributed by atoms with Crippen molar-refractivity contribution >= 4 is 38.9 Å². The first-order valence-electron chi connectivity index (χ1n) is 12.9. The summed E-state index contributed by atoms with van der Waals surface area (Å²) in [5.41, 5.74) is 4.89. The van der Waals surface area contributed by atoms with Crippen molar-refractivity contribution in [2.24, 2.45) is 5.10 Å². The number of hydrazone groups is 1. The van der Waals surface area contributed by atoms with Gasteiger partial charge >= 0.3 is 0 Å². The van der Waals surface area contributed by atoms with Crippen LogP contribution in [0.15, 0.2) is 119 Å². The van der Waals surface area contributed by atoms with Gasteiger partial charge in [0.25, 0.3) is 21.8 Å². The quantitative estimate of drug-likeness (QED) is 0.193. The molecule has 0 aliphatic rings. The lowest BCUT2D eigenvalue weighted by molar-refractivity contribution is -0.119. The Morgan fingerprint density at radius 3 is 2.17 bits per heavy atom. The molecule has 0 aliphatic carbocycles. The van der Waals surface area contributed by atoms with Crippen LogP contribution in [-0.2, 0) is 14.8 Å². The molecule has 0 unspecified atom stereocenters. The molecule has 9 nitrogen and oxygen atoms in total. The van der Waals surface area contributed by atoms with Crippen LogP contribution in [0.4, 0.5) is 11.4 Å². The van der Waals surface area contributed by atoms with Crippen LogP contribution in [0.3, 0.4) is 0 Å². The highest BCUT2D eigenvalue weighted by Crippen LogP contribution is 2.32. The van der Waals surface area contributed by atoms with Crippen LogP contribution >= 0.6 is 0 Å². The number of ether oxygens (including phenoxy) is 1. The molecule has 0 aromatic heterocycles. The lowest BCUT2D eigenvalue weighted by atomic mass is 10.1.